The van der Waals surface area contributed by atoms with E-state index in [2.05, 4.69) is 4.74 Å². The Morgan fingerprint density at radius 1 is 0.667 bits per heavy atom. The van der Waals surface area contributed by atoms with Crippen LogP contribution in [0.2, 0.25) is 0 Å². The van der Waals surface area contributed by atoms with Crippen LogP contribution in [0.15, 0.2) is 66.4 Å². The number of hydrogen-bond donors (Lipinski definition) is 15. The summed E-state index contributed by atoms with van der Waals surface area (Å²) in [5.74, 6) is -11.2. The van der Waals surface area contributed by atoms with Crippen LogP contribution >= 0.6 is 0 Å². The van der Waals surface area contributed by atoms with Crippen LogP contribution in [0.5, 0.6) is 34.5 Å². The van der Waals surface area contributed by atoms with E-state index in [0.717, 1.165) is 24.3 Å². The van der Waals surface area contributed by atoms with Crippen molar-refractivity contribution in [3.63, 3.8) is 0 Å². The van der Waals surface area contributed by atoms with Crippen LogP contribution in [0, 0.1) is 0 Å². The van der Waals surface area contributed by atoms with Gasteiger partial charge in [-0.05, 0) is 48.0 Å². The summed E-state index contributed by atoms with van der Waals surface area (Å²) in [4.78, 5) is 62.9. The topological polar surface area (TPSA) is 485 Å². The summed E-state index contributed by atoms with van der Waals surface area (Å²) in [6.07, 6.45) is -30.7. The number of ether oxygens (including phenoxy) is 10. The molecule has 0 bridgehead atoms. The van der Waals surface area contributed by atoms with Crippen molar-refractivity contribution in [3.05, 3.63) is 83.1 Å². The van der Waals surface area contributed by atoms with Crippen LogP contribution in [0.1, 0.15) is 29.2 Å². The van der Waals surface area contributed by atoms with Gasteiger partial charge in [-0.2, -0.15) is 0 Å². The van der Waals surface area contributed by atoms with Crippen molar-refractivity contribution >= 4 is 42.0 Å². The van der Waals surface area contributed by atoms with E-state index < -0.39 is 172 Å². The van der Waals surface area contributed by atoms with Crippen LogP contribution in [0.3, 0.4) is 0 Å². The molecule has 7 rings (SSSR count). The molecule has 30 nitrogen and oxygen atoms in total. The molecule has 78 heavy (non-hydrogen) atoms. The Labute approximate surface area is 437 Å². The van der Waals surface area contributed by atoms with Gasteiger partial charge in [0.05, 0.1) is 24.8 Å². The average molecular weight is 1110 g/mol. The highest BCUT2D eigenvalue weighted by atomic mass is 16.8. The molecule has 3 aromatic carbocycles. The third-order valence-corrected chi connectivity index (χ3v) is 12.2. The summed E-state index contributed by atoms with van der Waals surface area (Å²) in [6.45, 7) is -2.37. The number of phenols is 4. The Balaban J connectivity index is 1.00. The van der Waals surface area contributed by atoms with E-state index in [-0.39, 0.29) is 39.9 Å². The average Bonchev–Trinajstić information content (AvgIpc) is 3.49. The molecule has 0 aliphatic carbocycles. The van der Waals surface area contributed by atoms with Gasteiger partial charge >= 0.3 is 29.8 Å². The van der Waals surface area contributed by atoms with Crippen LogP contribution in [-0.4, -0.2) is 229 Å². The second kappa shape index (κ2) is 24.9. The maximum absolute atomic E-state index is 13.0. The molecule has 17 unspecified atom stereocenters. The number of hydrogen-bond acceptors (Lipinski definition) is 27. The summed E-state index contributed by atoms with van der Waals surface area (Å²) >= 11 is 0. The summed E-state index contributed by atoms with van der Waals surface area (Å²) < 4.78 is 52.9. The lowest BCUT2D eigenvalue weighted by atomic mass is 9.97. The molecule has 0 saturated carbocycles. The molecule has 16 N–H and O–H groups in total. The second-order valence-corrected chi connectivity index (χ2v) is 17.7. The number of aliphatic hydroxyl groups excluding tert-OH is 9. The molecule has 4 aliphatic heterocycles. The first-order valence-corrected chi connectivity index (χ1v) is 23.2. The minimum absolute atomic E-state index is 0.00977. The number of carboxylic acid groups (broad SMARTS) is 2. The molecule has 3 saturated heterocycles. The minimum atomic E-state index is -2.79. The number of aliphatic hydroxyl groups is 10. The Bertz CT molecular complexity index is 2710. The maximum Gasteiger partial charge on any atom is 0.349 e. The highest BCUT2D eigenvalue weighted by Crippen LogP contribution is 2.46. The van der Waals surface area contributed by atoms with Crippen LogP contribution in [-0.2, 0) is 61.9 Å². The number of fused-ring (bicyclic) bond motifs is 1. The van der Waals surface area contributed by atoms with Crippen LogP contribution in [0.25, 0.3) is 12.2 Å². The van der Waals surface area contributed by atoms with Crippen LogP contribution in [0.4, 0.5) is 0 Å². The van der Waals surface area contributed by atoms with Gasteiger partial charge in [0.2, 0.25) is 24.8 Å². The molecule has 4 aliphatic rings. The molecule has 0 amide bonds. The Kier molecular flexibility index (Phi) is 18.6. The fraction of sp³-hybridized carbons (Fsp3) is 0.438. The molecule has 4 heterocycles. The van der Waals surface area contributed by atoms with Crippen molar-refractivity contribution in [2.45, 2.75) is 111 Å². The summed E-state index contributed by atoms with van der Waals surface area (Å²) in [5, 5.41) is 154. The predicted molar refractivity (Wildman–Crippen MR) is 247 cm³/mol. The van der Waals surface area contributed by atoms with Crippen molar-refractivity contribution in [2.75, 3.05) is 19.8 Å². The SMILES string of the molecule is O=C(C=Cc1ccc(OC2OC(CO)C(O)C(O)C2O)c(O)c1)OC(C(=O)O)C(OC(=O)CC(=O)OCC1OC(OC2=Cc3c(O)cc(O)cc3[OH+]C2c2ccc(O)cc2)C(OC2OCC(O)C(O)C2O)C(O)C1O)C(=O)O. The van der Waals surface area contributed by atoms with Crippen molar-refractivity contribution in [3.8, 4) is 34.5 Å². The van der Waals surface area contributed by atoms with E-state index in [1.54, 1.807) is 0 Å². The third-order valence-electron chi connectivity index (χ3n) is 12.2. The van der Waals surface area contributed by atoms with E-state index >= 15 is 0 Å². The normalized spacial score (nSPS) is 30.6. The lowest BCUT2D eigenvalue weighted by Gasteiger charge is -2.45. The number of aliphatic carboxylic acids is 2. The molecule has 3 aromatic rings. The number of aromatic hydroxyl groups is 5. The van der Waals surface area contributed by atoms with Gasteiger partial charge in [0.15, 0.2) is 29.7 Å². The van der Waals surface area contributed by atoms with E-state index in [1.807, 2.05) is 0 Å². The lowest BCUT2D eigenvalue weighted by Crippen LogP contribution is -2.63. The zero-order valence-electron chi connectivity index (χ0n) is 39.9. The molecule has 0 radical (unpaired) electrons. The molecular weight excluding hydrogens is 1060 g/mol. The molecule has 17 atom stereocenters. The fourth-order valence-electron chi connectivity index (χ4n) is 8.12. The standard InChI is InChI=1S/C48H52O30/c49-14-28-34(59)36(61)39(64)47(74-28)72-25-7-1-17(9-23(25)53)2-8-30(55)76-42(44(65)66)43(45(67)68)77-32(57)13-31(56)69-16-29-35(60)37(62)41(78-46-38(63)33(58)24(54)15-70-46)48(75-29)73-27-12-21-22(52)10-20(51)11-26(21)71-40(27)18-3-5-19(50)6-4-18/h1-12,24,28-29,33-43,46-54,58-64H,13-16H2,(H,65,66)(H,67,68)/p+1. The number of carbonyl (C=O) groups excluding carboxylic acids is 3. The highest BCUT2D eigenvalue weighted by Gasteiger charge is 2.52. The monoisotopic (exact) mass is 1110 g/mol. The van der Waals surface area contributed by atoms with Gasteiger partial charge in [-0.1, -0.05) is 6.07 Å². The van der Waals surface area contributed by atoms with Crippen LogP contribution < -0.4 is 4.74 Å². The first kappa shape index (κ1) is 58.3. The molecule has 3 fully saturated rings. The Morgan fingerprint density at radius 2 is 1.32 bits per heavy atom. The summed E-state index contributed by atoms with van der Waals surface area (Å²) in [7, 11) is 0. The second-order valence-electron chi connectivity index (χ2n) is 17.7. The first-order chi connectivity index (χ1) is 36.9. The molecule has 0 spiro atoms. The number of carbonyl (C=O) groups is 5. The van der Waals surface area contributed by atoms with E-state index in [9.17, 15) is 101 Å². The van der Waals surface area contributed by atoms with Crippen molar-refractivity contribution in [1.29, 1.82) is 0 Å². The number of phenolic OH excluding ortho intramolecular Hbond substituents is 4. The number of rotatable bonds is 19. The van der Waals surface area contributed by atoms with Gasteiger partial charge in [0.25, 0.3) is 11.9 Å². The summed E-state index contributed by atoms with van der Waals surface area (Å²) in [5.41, 5.74) is 0.359. The number of esters is 3. The smallest absolute Gasteiger partial charge is 0.349 e. The molecule has 0 aromatic heterocycles. The van der Waals surface area contributed by atoms with E-state index in [0.29, 0.717) is 11.6 Å². The summed E-state index contributed by atoms with van der Waals surface area (Å²) in [6, 6.07) is 11.0. The minimum Gasteiger partial charge on any atom is -0.571 e. The molecular formula is C48H53O30+. The van der Waals surface area contributed by atoms with Gasteiger partial charge in [-0.3, -0.25) is 9.59 Å². The third kappa shape index (κ3) is 13.4. The maximum atomic E-state index is 13.0. The molecule has 424 valence electrons. The zero-order valence-corrected chi connectivity index (χ0v) is 39.9. The number of benzene rings is 3. The van der Waals surface area contributed by atoms with Gasteiger partial charge in [-0.15, -0.1) is 0 Å². The Hall–Kier alpha value is -7.43. The Morgan fingerprint density at radius 3 is 1.99 bits per heavy atom. The largest absolute Gasteiger partial charge is 0.571 e. The van der Waals surface area contributed by atoms with Crippen molar-refractivity contribution in [2.24, 2.45) is 0 Å². The zero-order chi connectivity index (χ0) is 56.9. The quantitative estimate of drug-likeness (QED) is 0.0179. The van der Waals surface area contributed by atoms with E-state index in [1.165, 1.54) is 42.5 Å². The first-order valence-electron chi connectivity index (χ1n) is 23.2. The predicted octanol–water partition coefficient (Wildman–Crippen LogP) is -4.05. The fourth-order valence-corrected chi connectivity index (χ4v) is 8.12. The van der Waals surface area contributed by atoms with E-state index in [4.69, 9.17) is 42.6 Å². The number of carboxylic acids is 2. The highest BCUT2D eigenvalue weighted by molar-refractivity contribution is 5.94. The van der Waals surface area contributed by atoms with Gasteiger partial charge in [-0.25, -0.2) is 14.4 Å². The molecule has 30 heteroatoms. The van der Waals surface area contributed by atoms with Gasteiger partial charge < -0.3 is 124 Å². The van der Waals surface area contributed by atoms with Gasteiger partial charge in [0.1, 0.15) is 96.9 Å². The lowest BCUT2D eigenvalue weighted by molar-refractivity contribution is -0.353. The van der Waals surface area contributed by atoms with Gasteiger partial charge in [0, 0.05) is 18.2 Å². The van der Waals surface area contributed by atoms with Crippen molar-refractivity contribution in [1.82, 2.24) is 0 Å². The van der Waals surface area contributed by atoms with Crippen molar-refractivity contribution < 1.29 is 148 Å².